The van der Waals surface area contributed by atoms with Crippen LogP contribution in [0.3, 0.4) is 0 Å². The van der Waals surface area contributed by atoms with Crippen molar-refractivity contribution in [3.63, 3.8) is 0 Å². The Kier molecular flexibility index (Phi) is 5.71. The zero-order valence-corrected chi connectivity index (χ0v) is 12.1. The van der Waals surface area contributed by atoms with Crippen LogP contribution in [0.15, 0.2) is 54.6 Å². The normalized spacial score (nSPS) is 9.91. The monoisotopic (exact) mass is 286 g/mol. The van der Waals surface area contributed by atoms with E-state index in [-0.39, 0.29) is 0 Å². The highest BCUT2D eigenvalue weighted by molar-refractivity contribution is 5.43. The Balaban J connectivity index is 1.96. The summed E-state index contributed by atoms with van der Waals surface area (Å²) in [7, 11) is 1.59. The maximum absolute atomic E-state index is 9.90. The third kappa shape index (κ3) is 4.77. The van der Waals surface area contributed by atoms with Gasteiger partial charge in [0.2, 0.25) is 0 Å². The molecule has 2 heteroatoms. The van der Waals surface area contributed by atoms with Crippen molar-refractivity contribution < 1.29 is 9.84 Å². The molecule has 0 aromatic heterocycles. The Hall–Kier alpha value is -3.12. The lowest BCUT2D eigenvalue weighted by Gasteiger charge is -2.04. The van der Waals surface area contributed by atoms with Crippen molar-refractivity contribution in [2.75, 3.05) is 7.11 Å². The van der Waals surface area contributed by atoms with Crippen molar-refractivity contribution in [2.45, 2.75) is 6.10 Å². The molecular weight excluding hydrogens is 272 g/mol. The summed E-state index contributed by atoms with van der Waals surface area (Å²) in [5.41, 5.74) is 1.61. The first kappa shape index (κ1) is 15.3. The molecule has 2 rings (SSSR count). The van der Waals surface area contributed by atoms with Gasteiger partial charge in [0.05, 0.1) is 7.11 Å². The predicted octanol–water partition coefficient (Wildman–Crippen LogP) is 2.79. The van der Waals surface area contributed by atoms with Crippen LogP contribution in [0.2, 0.25) is 0 Å². The number of ether oxygens (including phenoxy) is 1. The summed E-state index contributed by atoms with van der Waals surface area (Å²) < 4.78 is 5.06. The molecule has 0 fully saturated rings. The van der Waals surface area contributed by atoms with E-state index in [4.69, 9.17) is 4.74 Å². The van der Waals surface area contributed by atoms with Crippen LogP contribution < -0.4 is 4.74 Å². The Morgan fingerprint density at radius 3 is 2.23 bits per heavy atom. The molecule has 1 atom stereocenters. The number of benzene rings is 2. The molecule has 22 heavy (non-hydrogen) atoms. The fraction of sp³-hybridized carbons (Fsp3) is 0.100. The van der Waals surface area contributed by atoms with Crippen LogP contribution in [-0.4, -0.2) is 12.2 Å². The average Bonchev–Trinajstić information content (AvgIpc) is 2.58. The van der Waals surface area contributed by atoms with Gasteiger partial charge in [0.15, 0.2) is 0 Å². The van der Waals surface area contributed by atoms with Gasteiger partial charge >= 0.3 is 0 Å². The highest BCUT2D eigenvalue weighted by Gasteiger charge is 2.02. The van der Waals surface area contributed by atoms with Crippen molar-refractivity contribution in [2.24, 2.45) is 0 Å². The van der Waals surface area contributed by atoms with Crippen LogP contribution in [-0.2, 0) is 0 Å². The third-order valence-electron chi connectivity index (χ3n) is 2.81. The molecular formula is C20H14O2. The molecule has 0 saturated carbocycles. The average molecular weight is 286 g/mol. The summed E-state index contributed by atoms with van der Waals surface area (Å²) in [4.78, 5) is 0. The minimum atomic E-state index is -0.873. The molecule has 1 N–H and O–H groups in total. The Bertz CT molecular complexity index is 786. The molecule has 0 heterocycles. The number of methoxy groups -OCH3 is 1. The molecule has 1 unspecified atom stereocenters. The van der Waals surface area contributed by atoms with Crippen molar-refractivity contribution in [3.8, 4) is 41.3 Å². The van der Waals surface area contributed by atoms with Gasteiger partial charge in [-0.1, -0.05) is 42.2 Å². The van der Waals surface area contributed by atoms with E-state index in [1.165, 1.54) is 0 Å². The first-order valence-corrected chi connectivity index (χ1v) is 6.68. The second-order valence-corrected chi connectivity index (χ2v) is 4.31. The van der Waals surface area contributed by atoms with Crippen LogP contribution in [0.4, 0.5) is 0 Å². The van der Waals surface area contributed by atoms with E-state index in [2.05, 4.69) is 35.5 Å². The lowest BCUT2D eigenvalue weighted by Crippen LogP contribution is -1.93. The number of aliphatic hydroxyl groups excluding tert-OH is 1. The molecule has 2 aromatic rings. The molecule has 0 bridgehead atoms. The highest BCUT2D eigenvalue weighted by Crippen LogP contribution is 2.16. The zero-order chi connectivity index (χ0) is 15.6. The molecule has 0 saturated heterocycles. The van der Waals surface area contributed by atoms with Gasteiger partial charge in [0.25, 0.3) is 0 Å². The van der Waals surface area contributed by atoms with Gasteiger partial charge in [0, 0.05) is 5.56 Å². The summed E-state index contributed by atoms with van der Waals surface area (Å²) in [5.74, 6) is 16.9. The topological polar surface area (TPSA) is 29.5 Å². The van der Waals surface area contributed by atoms with Gasteiger partial charge in [0.1, 0.15) is 11.9 Å². The second-order valence-electron chi connectivity index (χ2n) is 4.31. The molecule has 2 nitrogen and oxygen atoms in total. The summed E-state index contributed by atoms with van der Waals surface area (Å²) in [6.45, 7) is 0. The molecule has 2 aromatic carbocycles. The lowest BCUT2D eigenvalue weighted by atomic mass is 10.1. The Labute approximate surface area is 130 Å². The Morgan fingerprint density at radius 1 is 0.864 bits per heavy atom. The van der Waals surface area contributed by atoms with E-state index in [9.17, 15) is 5.11 Å². The lowest BCUT2D eigenvalue weighted by molar-refractivity contribution is 0.238. The number of aliphatic hydroxyl groups is 1. The standard InChI is InChI=1S/C20H14O2/c1-22-19-15-13-18(14-16-19)20(21)12-8-3-2-5-9-17-10-6-4-7-11-17/h4,6-7,10-11,13-16,20-21H,1H3. The molecule has 0 aliphatic heterocycles. The minimum Gasteiger partial charge on any atom is -0.497 e. The number of rotatable bonds is 2. The van der Waals surface area contributed by atoms with E-state index < -0.39 is 6.10 Å². The molecule has 0 radical (unpaired) electrons. The molecule has 0 aliphatic rings. The second kappa shape index (κ2) is 8.23. The quantitative estimate of drug-likeness (QED) is 0.860. The molecule has 0 spiro atoms. The summed E-state index contributed by atoms with van der Waals surface area (Å²) in [6, 6.07) is 16.7. The molecule has 0 amide bonds. The first-order valence-electron chi connectivity index (χ1n) is 6.68. The number of hydrogen-bond donors (Lipinski definition) is 1. The highest BCUT2D eigenvalue weighted by atomic mass is 16.5. The van der Waals surface area contributed by atoms with Crippen molar-refractivity contribution in [1.29, 1.82) is 0 Å². The van der Waals surface area contributed by atoms with Crippen LogP contribution in [0.1, 0.15) is 17.2 Å². The van der Waals surface area contributed by atoms with E-state index in [0.29, 0.717) is 5.56 Å². The van der Waals surface area contributed by atoms with Crippen LogP contribution >= 0.6 is 0 Å². The van der Waals surface area contributed by atoms with E-state index >= 15 is 0 Å². The van der Waals surface area contributed by atoms with Gasteiger partial charge < -0.3 is 9.84 Å². The van der Waals surface area contributed by atoms with Gasteiger partial charge in [-0.2, -0.15) is 0 Å². The van der Waals surface area contributed by atoms with E-state index in [1.54, 1.807) is 31.4 Å². The maximum Gasteiger partial charge on any atom is 0.141 e. The van der Waals surface area contributed by atoms with Crippen LogP contribution in [0.25, 0.3) is 0 Å². The van der Waals surface area contributed by atoms with Gasteiger partial charge in [-0.15, -0.1) is 0 Å². The van der Waals surface area contributed by atoms with Crippen LogP contribution in [0.5, 0.6) is 5.75 Å². The minimum absolute atomic E-state index is 0.700. The summed E-state index contributed by atoms with van der Waals surface area (Å²) >= 11 is 0. The summed E-state index contributed by atoms with van der Waals surface area (Å²) in [5, 5.41) is 9.90. The largest absolute Gasteiger partial charge is 0.497 e. The first-order chi connectivity index (χ1) is 10.8. The zero-order valence-electron chi connectivity index (χ0n) is 12.1. The van der Waals surface area contributed by atoms with Crippen molar-refractivity contribution in [3.05, 3.63) is 65.7 Å². The fourth-order valence-corrected chi connectivity index (χ4v) is 1.66. The van der Waals surface area contributed by atoms with Gasteiger partial charge in [-0.05, 0) is 53.5 Å². The third-order valence-corrected chi connectivity index (χ3v) is 2.81. The van der Waals surface area contributed by atoms with Gasteiger partial charge in [-0.25, -0.2) is 0 Å². The van der Waals surface area contributed by atoms with Crippen LogP contribution in [0, 0.1) is 35.5 Å². The van der Waals surface area contributed by atoms with E-state index in [1.807, 2.05) is 30.3 Å². The predicted molar refractivity (Wildman–Crippen MR) is 86.8 cm³/mol. The van der Waals surface area contributed by atoms with Gasteiger partial charge in [-0.3, -0.25) is 0 Å². The Morgan fingerprint density at radius 2 is 1.55 bits per heavy atom. The van der Waals surface area contributed by atoms with Crippen molar-refractivity contribution in [1.82, 2.24) is 0 Å². The SMILES string of the molecule is COc1ccc(C(O)C#CC#CC#Cc2ccccc2)cc1. The molecule has 106 valence electrons. The smallest absolute Gasteiger partial charge is 0.141 e. The maximum atomic E-state index is 9.90. The number of hydrogen-bond acceptors (Lipinski definition) is 2. The fourth-order valence-electron chi connectivity index (χ4n) is 1.66. The summed E-state index contributed by atoms with van der Waals surface area (Å²) in [6.07, 6.45) is -0.873. The van der Waals surface area contributed by atoms with Crippen molar-refractivity contribution >= 4 is 0 Å². The molecule has 0 aliphatic carbocycles. The van der Waals surface area contributed by atoms with E-state index in [0.717, 1.165) is 11.3 Å².